The van der Waals surface area contributed by atoms with E-state index in [4.69, 9.17) is 0 Å². The monoisotopic (exact) mass is 293 g/mol. The van der Waals surface area contributed by atoms with Gasteiger partial charge in [0.15, 0.2) is 0 Å². The normalized spacial score (nSPS) is 19.6. The Bertz CT molecular complexity index is 527. The van der Waals surface area contributed by atoms with Crippen molar-refractivity contribution in [2.24, 2.45) is 7.05 Å². The van der Waals surface area contributed by atoms with Gasteiger partial charge in [0.2, 0.25) is 0 Å². The molecule has 5 nitrogen and oxygen atoms in total. The second kappa shape index (κ2) is 6.83. The molecule has 3 heterocycles. The summed E-state index contributed by atoms with van der Waals surface area (Å²) in [6.45, 7) is 3.94. The molecule has 6 heteroatoms. The third-order valence-corrected chi connectivity index (χ3v) is 3.71. The molecule has 2 aromatic rings. The van der Waals surface area contributed by atoms with Crippen LogP contribution in [0.15, 0.2) is 36.9 Å². The maximum atomic E-state index is 4.43. The van der Waals surface area contributed by atoms with Crippen molar-refractivity contribution in [2.75, 3.05) is 19.6 Å². The van der Waals surface area contributed by atoms with Crippen LogP contribution in [0, 0.1) is 0 Å². The fourth-order valence-electron chi connectivity index (χ4n) is 2.58. The molecule has 0 bridgehead atoms. The highest BCUT2D eigenvalue weighted by Crippen LogP contribution is 2.23. The molecule has 1 saturated heterocycles. The Kier molecular flexibility index (Phi) is 5.11. The van der Waals surface area contributed by atoms with Crippen molar-refractivity contribution in [3.05, 3.63) is 48.3 Å². The van der Waals surface area contributed by atoms with Gasteiger partial charge in [-0.15, -0.1) is 12.4 Å². The predicted molar refractivity (Wildman–Crippen MR) is 80.7 cm³/mol. The third kappa shape index (κ3) is 3.17. The van der Waals surface area contributed by atoms with Gasteiger partial charge in [-0.2, -0.15) is 0 Å². The van der Waals surface area contributed by atoms with Crippen LogP contribution in [0.4, 0.5) is 0 Å². The molecule has 1 unspecified atom stereocenters. The van der Waals surface area contributed by atoms with Gasteiger partial charge in [0, 0.05) is 57.5 Å². The Hall–Kier alpha value is -1.43. The van der Waals surface area contributed by atoms with Gasteiger partial charge < -0.3 is 9.88 Å². The van der Waals surface area contributed by atoms with E-state index in [1.54, 1.807) is 0 Å². The van der Waals surface area contributed by atoms with Crippen molar-refractivity contribution in [2.45, 2.75) is 12.6 Å². The zero-order valence-electron chi connectivity index (χ0n) is 11.6. The molecule has 1 N–H and O–H groups in total. The van der Waals surface area contributed by atoms with Crippen LogP contribution in [0.1, 0.15) is 17.4 Å². The van der Waals surface area contributed by atoms with Crippen LogP contribution in [0.5, 0.6) is 0 Å². The number of aryl methyl sites for hydroxylation is 1. The molecule has 0 aliphatic carbocycles. The molecule has 1 aliphatic heterocycles. The number of pyridine rings is 1. The van der Waals surface area contributed by atoms with E-state index in [0.717, 1.165) is 32.0 Å². The van der Waals surface area contributed by atoms with E-state index < -0.39 is 0 Å². The van der Waals surface area contributed by atoms with Gasteiger partial charge in [0.05, 0.1) is 6.54 Å². The largest absolute Gasteiger partial charge is 0.337 e. The summed E-state index contributed by atoms with van der Waals surface area (Å²) in [4.78, 5) is 11.0. The summed E-state index contributed by atoms with van der Waals surface area (Å²) in [5.74, 6) is 1.11. The van der Waals surface area contributed by atoms with E-state index in [-0.39, 0.29) is 12.4 Å². The molecule has 0 saturated carbocycles. The van der Waals surface area contributed by atoms with Crippen molar-refractivity contribution in [1.82, 2.24) is 24.8 Å². The molecule has 0 spiro atoms. The van der Waals surface area contributed by atoms with E-state index in [2.05, 4.69) is 36.9 Å². The highest BCUT2D eigenvalue weighted by atomic mass is 35.5. The molecule has 3 rings (SSSR count). The van der Waals surface area contributed by atoms with Crippen LogP contribution in [0.3, 0.4) is 0 Å². The number of rotatable bonds is 3. The lowest BCUT2D eigenvalue weighted by Crippen LogP contribution is -2.45. The van der Waals surface area contributed by atoms with Crippen molar-refractivity contribution in [3.8, 4) is 0 Å². The summed E-state index contributed by atoms with van der Waals surface area (Å²) in [5, 5.41) is 3.47. The number of piperazine rings is 1. The number of aromatic nitrogens is 3. The van der Waals surface area contributed by atoms with Gasteiger partial charge in [-0.1, -0.05) is 0 Å². The maximum Gasteiger partial charge on any atom is 0.122 e. The third-order valence-electron chi connectivity index (χ3n) is 3.71. The molecular weight excluding hydrogens is 274 g/mol. The lowest BCUT2D eigenvalue weighted by atomic mass is 10.0. The number of nitrogens with one attached hydrogen (secondary N) is 1. The van der Waals surface area contributed by atoms with Gasteiger partial charge in [-0.25, -0.2) is 4.98 Å². The van der Waals surface area contributed by atoms with Crippen LogP contribution < -0.4 is 5.32 Å². The number of nitrogens with zero attached hydrogens (tertiary/aromatic N) is 4. The molecule has 2 aromatic heterocycles. The van der Waals surface area contributed by atoms with Crippen molar-refractivity contribution >= 4 is 12.4 Å². The second-order valence-electron chi connectivity index (χ2n) is 4.93. The van der Waals surface area contributed by atoms with Crippen LogP contribution >= 0.6 is 12.4 Å². The van der Waals surface area contributed by atoms with Crippen LogP contribution in [-0.4, -0.2) is 39.1 Å². The first-order valence-corrected chi connectivity index (χ1v) is 6.65. The quantitative estimate of drug-likeness (QED) is 0.929. The average Bonchev–Trinajstić information content (AvgIpc) is 2.86. The minimum absolute atomic E-state index is 0. The Morgan fingerprint density at radius 1 is 1.30 bits per heavy atom. The molecule has 0 aromatic carbocycles. The van der Waals surface area contributed by atoms with Crippen molar-refractivity contribution in [3.63, 3.8) is 0 Å². The summed E-state index contributed by atoms with van der Waals surface area (Å²) in [7, 11) is 2.05. The smallest absolute Gasteiger partial charge is 0.122 e. The first-order valence-electron chi connectivity index (χ1n) is 6.65. The van der Waals surface area contributed by atoms with Crippen LogP contribution in [-0.2, 0) is 13.6 Å². The Labute approximate surface area is 125 Å². The highest BCUT2D eigenvalue weighted by Gasteiger charge is 2.24. The van der Waals surface area contributed by atoms with Crippen molar-refractivity contribution < 1.29 is 0 Å². The average molecular weight is 294 g/mol. The molecular formula is C14H20ClN5. The fourth-order valence-corrected chi connectivity index (χ4v) is 2.58. The predicted octanol–water partition coefficient (Wildman–Crippen LogP) is 1.38. The van der Waals surface area contributed by atoms with Crippen LogP contribution in [0.25, 0.3) is 0 Å². The zero-order valence-corrected chi connectivity index (χ0v) is 12.4. The molecule has 1 atom stereocenters. The lowest BCUT2D eigenvalue weighted by Gasteiger charge is -2.36. The molecule has 0 radical (unpaired) electrons. The van der Waals surface area contributed by atoms with Gasteiger partial charge in [-0.3, -0.25) is 9.88 Å². The Morgan fingerprint density at radius 2 is 2.10 bits per heavy atom. The lowest BCUT2D eigenvalue weighted by molar-refractivity contribution is 0.148. The Morgan fingerprint density at radius 3 is 2.80 bits per heavy atom. The van der Waals surface area contributed by atoms with Crippen LogP contribution in [0.2, 0.25) is 0 Å². The topological polar surface area (TPSA) is 46.0 Å². The summed E-state index contributed by atoms with van der Waals surface area (Å²) in [5.41, 5.74) is 1.32. The van der Waals surface area contributed by atoms with Gasteiger partial charge in [0.25, 0.3) is 0 Å². The van der Waals surface area contributed by atoms with E-state index >= 15 is 0 Å². The van der Waals surface area contributed by atoms with Gasteiger partial charge in [-0.05, 0) is 17.7 Å². The molecule has 1 fully saturated rings. The first kappa shape index (κ1) is 15.0. The molecule has 1 aliphatic rings. The molecule has 20 heavy (non-hydrogen) atoms. The van der Waals surface area contributed by atoms with E-state index in [1.807, 2.05) is 31.8 Å². The molecule has 0 amide bonds. The summed E-state index contributed by atoms with van der Waals surface area (Å²) in [6.07, 6.45) is 7.59. The van der Waals surface area contributed by atoms with Gasteiger partial charge >= 0.3 is 0 Å². The van der Waals surface area contributed by atoms with E-state index in [1.165, 1.54) is 5.56 Å². The minimum atomic E-state index is 0. The summed E-state index contributed by atoms with van der Waals surface area (Å²) in [6, 6.07) is 4.60. The van der Waals surface area contributed by atoms with Gasteiger partial charge in [0.1, 0.15) is 5.82 Å². The Balaban J connectivity index is 0.00000147. The second-order valence-corrected chi connectivity index (χ2v) is 4.93. The zero-order chi connectivity index (χ0) is 13.1. The standard InChI is InChI=1S/C14H19N5.ClH/c1-18-8-7-17-14(18)11-19-9-6-16-10-13(19)12-2-4-15-5-3-12;/h2-5,7-8,13,16H,6,9-11H2,1H3;1H. The summed E-state index contributed by atoms with van der Waals surface area (Å²) >= 11 is 0. The first-order chi connectivity index (χ1) is 9.34. The van der Waals surface area contributed by atoms with Crippen molar-refractivity contribution in [1.29, 1.82) is 0 Å². The maximum absolute atomic E-state index is 4.43. The number of halogens is 1. The number of hydrogen-bond acceptors (Lipinski definition) is 4. The number of imidazole rings is 1. The molecule has 108 valence electrons. The van der Waals surface area contributed by atoms with E-state index in [0.29, 0.717) is 6.04 Å². The highest BCUT2D eigenvalue weighted by molar-refractivity contribution is 5.85. The van der Waals surface area contributed by atoms with E-state index in [9.17, 15) is 0 Å². The summed E-state index contributed by atoms with van der Waals surface area (Å²) < 4.78 is 2.09. The SMILES string of the molecule is Cl.Cn1ccnc1CN1CCNCC1c1ccncc1. The minimum Gasteiger partial charge on any atom is -0.337 e. The fraction of sp³-hybridized carbons (Fsp3) is 0.429. The number of hydrogen-bond donors (Lipinski definition) is 1.